The Balaban J connectivity index is 1.49. The lowest BCUT2D eigenvalue weighted by Crippen LogP contribution is -2.40. The number of para-hydroxylation sites is 1. The molecule has 0 saturated carbocycles. The molecule has 1 aromatic carbocycles. The van der Waals surface area contributed by atoms with Crippen LogP contribution in [-0.4, -0.2) is 66.5 Å². The fourth-order valence-corrected chi connectivity index (χ4v) is 3.50. The van der Waals surface area contributed by atoms with Crippen molar-refractivity contribution >= 4 is 22.7 Å². The van der Waals surface area contributed by atoms with Gasteiger partial charge in [0.25, 0.3) is 0 Å². The van der Waals surface area contributed by atoms with Gasteiger partial charge in [0.05, 0.1) is 13.2 Å². The van der Waals surface area contributed by atoms with Crippen molar-refractivity contribution in [3.05, 3.63) is 36.0 Å². The van der Waals surface area contributed by atoms with Crippen molar-refractivity contribution in [1.82, 2.24) is 14.8 Å². The number of amides is 2. The zero-order valence-electron chi connectivity index (χ0n) is 15.4. The number of nitrogens with one attached hydrogen (secondary N) is 1. The van der Waals surface area contributed by atoms with Crippen LogP contribution in [0.2, 0.25) is 0 Å². The van der Waals surface area contributed by atoms with E-state index in [0.717, 1.165) is 24.8 Å². The molecule has 0 spiro atoms. The second kappa shape index (κ2) is 8.85. The van der Waals surface area contributed by atoms with Crippen LogP contribution in [0.5, 0.6) is 0 Å². The molecule has 0 unspecified atom stereocenters. The first-order valence-electron chi connectivity index (χ1n) is 9.28. The molecule has 2 aromatic rings. The third kappa shape index (κ3) is 4.43. The maximum Gasteiger partial charge on any atom is 0.242 e. The van der Waals surface area contributed by atoms with Gasteiger partial charge in [0.1, 0.15) is 0 Å². The molecular formula is C20H27N3O3. The Kier molecular flexibility index (Phi) is 6.28. The highest BCUT2D eigenvalue weighted by Crippen LogP contribution is 2.19. The third-order valence-corrected chi connectivity index (χ3v) is 4.96. The first-order valence-corrected chi connectivity index (χ1v) is 9.28. The predicted molar refractivity (Wildman–Crippen MR) is 101 cm³/mol. The summed E-state index contributed by atoms with van der Waals surface area (Å²) in [6.45, 7) is 2.67. The molecule has 2 amide bonds. The maximum atomic E-state index is 12.5. The van der Waals surface area contributed by atoms with Crippen molar-refractivity contribution in [2.24, 2.45) is 0 Å². The highest BCUT2D eigenvalue weighted by Gasteiger charge is 2.24. The summed E-state index contributed by atoms with van der Waals surface area (Å²) >= 11 is 0. The monoisotopic (exact) mass is 357 g/mol. The van der Waals surface area contributed by atoms with Crippen LogP contribution in [-0.2, 0) is 20.7 Å². The number of aryl methyl sites for hydroxylation is 1. The van der Waals surface area contributed by atoms with Crippen LogP contribution in [0.4, 0.5) is 0 Å². The molecular weight excluding hydrogens is 330 g/mol. The van der Waals surface area contributed by atoms with Gasteiger partial charge in [-0.25, -0.2) is 0 Å². The van der Waals surface area contributed by atoms with Gasteiger partial charge in [0.2, 0.25) is 11.8 Å². The second-order valence-corrected chi connectivity index (χ2v) is 6.76. The highest BCUT2D eigenvalue weighted by atomic mass is 16.5. The minimum atomic E-state index is 0.0181. The minimum Gasteiger partial charge on any atom is -0.383 e. The number of aromatic amines is 1. The minimum absolute atomic E-state index is 0.0181. The number of fused-ring (bicyclic) bond motifs is 1. The fourth-order valence-electron chi connectivity index (χ4n) is 3.50. The van der Waals surface area contributed by atoms with E-state index in [1.165, 1.54) is 10.9 Å². The molecule has 1 N–H and O–H groups in total. The smallest absolute Gasteiger partial charge is 0.242 e. The first-order chi connectivity index (χ1) is 12.7. The van der Waals surface area contributed by atoms with E-state index in [-0.39, 0.29) is 18.4 Å². The van der Waals surface area contributed by atoms with Crippen LogP contribution >= 0.6 is 0 Å². The summed E-state index contributed by atoms with van der Waals surface area (Å²) in [7, 11) is 1.63. The Morgan fingerprint density at radius 2 is 2.12 bits per heavy atom. The van der Waals surface area contributed by atoms with Crippen LogP contribution in [0.3, 0.4) is 0 Å². The summed E-state index contributed by atoms with van der Waals surface area (Å²) in [5, 5.41) is 1.22. The average Bonchev–Trinajstić information content (AvgIpc) is 2.96. The topological polar surface area (TPSA) is 65.6 Å². The predicted octanol–water partition coefficient (Wildman–Crippen LogP) is 2.20. The molecule has 1 aliphatic rings. The summed E-state index contributed by atoms with van der Waals surface area (Å²) in [4.78, 5) is 31.6. The van der Waals surface area contributed by atoms with Crippen molar-refractivity contribution < 1.29 is 14.3 Å². The van der Waals surface area contributed by atoms with E-state index in [9.17, 15) is 9.59 Å². The zero-order chi connectivity index (χ0) is 18.4. The molecule has 1 fully saturated rings. The Morgan fingerprint density at radius 3 is 2.96 bits per heavy atom. The molecule has 26 heavy (non-hydrogen) atoms. The molecule has 0 bridgehead atoms. The zero-order valence-corrected chi connectivity index (χ0v) is 15.4. The normalized spacial score (nSPS) is 15.5. The molecule has 1 aromatic heterocycles. The van der Waals surface area contributed by atoms with Gasteiger partial charge in [0.15, 0.2) is 0 Å². The quantitative estimate of drug-likeness (QED) is 0.826. The number of carbonyl (C=O) groups is 2. The van der Waals surface area contributed by atoms with E-state index < -0.39 is 0 Å². The third-order valence-electron chi connectivity index (χ3n) is 4.96. The van der Waals surface area contributed by atoms with Crippen LogP contribution in [0.1, 0.15) is 24.8 Å². The largest absolute Gasteiger partial charge is 0.383 e. The van der Waals surface area contributed by atoms with Crippen LogP contribution in [0.15, 0.2) is 30.5 Å². The van der Waals surface area contributed by atoms with Gasteiger partial charge < -0.3 is 19.5 Å². The standard InChI is InChI=1S/C20H27N3O3/c1-26-13-12-22-10-5-11-23(15-20(22)25)19(24)9-4-6-16-14-21-18-8-3-2-7-17(16)18/h2-3,7-8,14,21H,4-6,9-13,15H2,1H3. The van der Waals surface area contributed by atoms with Crippen LogP contribution < -0.4 is 0 Å². The maximum absolute atomic E-state index is 12.5. The molecule has 0 radical (unpaired) electrons. The number of methoxy groups -OCH3 is 1. The molecule has 2 heterocycles. The second-order valence-electron chi connectivity index (χ2n) is 6.76. The SMILES string of the molecule is COCCN1CCCN(C(=O)CCCc2c[nH]c3ccccc23)CC1=O. The lowest BCUT2D eigenvalue weighted by atomic mass is 10.1. The van der Waals surface area contributed by atoms with Gasteiger partial charge in [-0.2, -0.15) is 0 Å². The molecule has 0 aliphatic carbocycles. The van der Waals surface area contributed by atoms with E-state index >= 15 is 0 Å². The van der Waals surface area contributed by atoms with Crippen molar-refractivity contribution in [2.45, 2.75) is 25.7 Å². The van der Waals surface area contributed by atoms with Gasteiger partial charge in [-0.1, -0.05) is 18.2 Å². The van der Waals surface area contributed by atoms with Crippen molar-refractivity contribution in [2.75, 3.05) is 39.9 Å². The molecule has 6 nitrogen and oxygen atoms in total. The number of carbonyl (C=O) groups excluding carboxylic acids is 2. The Morgan fingerprint density at radius 1 is 1.27 bits per heavy atom. The van der Waals surface area contributed by atoms with E-state index in [1.54, 1.807) is 16.9 Å². The van der Waals surface area contributed by atoms with E-state index in [4.69, 9.17) is 4.74 Å². The van der Waals surface area contributed by atoms with Crippen molar-refractivity contribution in [1.29, 1.82) is 0 Å². The average molecular weight is 357 g/mol. The summed E-state index contributed by atoms with van der Waals surface area (Å²) in [6, 6.07) is 8.20. The number of H-pyrrole nitrogens is 1. The van der Waals surface area contributed by atoms with Crippen molar-refractivity contribution in [3.63, 3.8) is 0 Å². The van der Waals surface area contributed by atoms with Gasteiger partial charge in [-0.3, -0.25) is 9.59 Å². The number of hydrogen-bond acceptors (Lipinski definition) is 3. The highest BCUT2D eigenvalue weighted by molar-refractivity contribution is 5.85. The van der Waals surface area contributed by atoms with Gasteiger partial charge in [-0.05, 0) is 30.9 Å². The lowest BCUT2D eigenvalue weighted by molar-refractivity contribution is -0.139. The molecule has 3 rings (SSSR count). The molecule has 6 heteroatoms. The van der Waals surface area contributed by atoms with Crippen LogP contribution in [0, 0.1) is 0 Å². The first kappa shape index (κ1) is 18.5. The molecule has 0 atom stereocenters. The van der Waals surface area contributed by atoms with Crippen molar-refractivity contribution in [3.8, 4) is 0 Å². The number of aromatic nitrogens is 1. The summed E-state index contributed by atoms with van der Waals surface area (Å²) in [5.41, 5.74) is 2.37. The number of ether oxygens (including phenoxy) is 1. The van der Waals surface area contributed by atoms with E-state index in [1.807, 2.05) is 18.3 Å². The Hall–Kier alpha value is -2.34. The van der Waals surface area contributed by atoms with Gasteiger partial charge in [0, 0.05) is 50.3 Å². The van der Waals surface area contributed by atoms with E-state index in [2.05, 4.69) is 17.1 Å². The number of rotatable bonds is 7. The summed E-state index contributed by atoms with van der Waals surface area (Å²) in [5.74, 6) is 0.0938. The number of nitrogens with zero attached hydrogens (tertiary/aromatic N) is 2. The molecule has 140 valence electrons. The molecule has 1 saturated heterocycles. The number of benzene rings is 1. The Bertz CT molecular complexity index is 756. The fraction of sp³-hybridized carbons (Fsp3) is 0.500. The summed E-state index contributed by atoms with van der Waals surface area (Å²) < 4.78 is 5.05. The Labute approximate surface area is 154 Å². The van der Waals surface area contributed by atoms with Gasteiger partial charge in [-0.15, -0.1) is 0 Å². The number of hydrogen-bond donors (Lipinski definition) is 1. The van der Waals surface area contributed by atoms with Gasteiger partial charge >= 0.3 is 0 Å². The van der Waals surface area contributed by atoms with E-state index in [0.29, 0.717) is 32.7 Å². The lowest BCUT2D eigenvalue weighted by Gasteiger charge is -2.21. The van der Waals surface area contributed by atoms with Crippen LogP contribution in [0.25, 0.3) is 10.9 Å². The molecule has 1 aliphatic heterocycles. The summed E-state index contributed by atoms with van der Waals surface area (Å²) in [6.07, 6.45) is 4.98.